The highest BCUT2D eigenvalue weighted by atomic mass is 32.2. The summed E-state index contributed by atoms with van der Waals surface area (Å²) < 4.78 is 1.75. The van der Waals surface area contributed by atoms with Crippen molar-refractivity contribution in [3.05, 3.63) is 11.9 Å². The van der Waals surface area contributed by atoms with Crippen molar-refractivity contribution in [1.29, 1.82) is 0 Å². The van der Waals surface area contributed by atoms with Crippen molar-refractivity contribution in [3.8, 4) is 12.3 Å². The Morgan fingerprint density at radius 2 is 2.47 bits per heavy atom. The number of aromatic nitrogens is 3. The van der Waals surface area contributed by atoms with Gasteiger partial charge in [0, 0.05) is 38.2 Å². The number of rotatable bonds is 9. The zero-order valence-corrected chi connectivity index (χ0v) is 10.6. The van der Waals surface area contributed by atoms with Crippen LogP contribution in [0.4, 0.5) is 0 Å². The largest absolute Gasteiger partial charge is 0.396 e. The number of hydrogen-bond acceptors (Lipinski definition) is 5. The van der Waals surface area contributed by atoms with Gasteiger partial charge in [0.1, 0.15) is 0 Å². The van der Waals surface area contributed by atoms with Gasteiger partial charge in [0.2, 0.25) is 0 Å². The summed E-state index contributed by atoms with van der Waals surface area (Å²) in [5, 5.41) is 20.0. The van der Waals surface area contributed by atoms with E-state index >= 15 is 0 Å². The fourth-order valence-corrected chi connectivity index (χ4v) is 1.80. The number of aliphatic hydroxyl groups is 1. The topological polar surface area (TPSA) is 63.0 Å². The first-order valence-electron chi connectivity index (χ1n) is 5.58. The van der Waals surface area contributed by atoms with Crippen LogP contribution < -0.4 is 5.32 Å². The number of nitrogens with zero attached hydrogens (tertiary/aromatic N) is 3. The Bertz CT molecular complexity index is 347. The van der Waals surface area contributed by atoms with Gasteiger partial charge < -0.3 is 10.4 Å². The molecule has 2 N–H and O–H groups in total. The van der Waals surface area contributed by atoms with Crippen molar-refractivity contribution in [3.63, 3.8) is 0 Å². The molecule has 0 aliphatic carbocycles. The van der Waals surface area contributed by atoms with Crippen LogP contribution in [0.5, 0.6) is 0 Å². The molecule has 0 aliphatic rings. The van der Waals surface area contributed by atoms with Crippen molar-refractivity contribution >= 4 is 11.8 Å². The van der Waals surface area contributed by atoms with E-state index in [9.17, 15) is 0 Å². The summed E-state index contributed by atoms with van der Waals surface area (Å²) in [4.78, 5) is 0. The quantitative estimate of drug-likeness (QED) is 0.484. The molecule has 1 rings (SSSR count). The standard InChI is InChI=1S/C11H18N4OS/c1-2-7-17-8-4-12-9-11-10-15(14-13-11)5-3-6-16/h1,10,12,16H,3-9H2. The summed E-state index contributed by atoms with van der Waals surface area (Å²) in [7, 11) is 0. The fraction of sp³-hybridized carbons (Fsp3) is 0.636. The van der Waals surface area contributed by atoms with E-state index in [1.54, 1.807) is 16.4 Å². The van der Waals surface area contributed by atoms with E-state index in [2.05, 4.69) is 21.5 Å². The van der Waals surface area contributed by atoms with E-state index in [0.717, 1.165) is 30.3 Å². The lowest BCUT2D eigenvalue weighted by Gasteiger charge is -2.00. The van der Waals surface area contributed by atoms with Gasteiger partial charge >= 0.3 is 0 Å². The third-order valence-electron chi connectivity index (χ3n) is 2.05. The molecule has 17 heavy (non-hydrogen) atoms. The molecule has 0 spiro atoms. The molecule has 6 heteroatoms. The van der Waals surface area contributed by atoms with E-state index in [1.165, 1.54) is 0 Å². The number of terminal acetylenes is 1. The van der Waals surface area contributed by atoms with Crippen molar-refractivity contribution in [2.45, 2.75) is 19.5 Å². The zero-order valence-electron chi connectivity index (χ0n) is 9.80. The van der Waals surface area contributed by atoms with E-state index in [1.807, 2.05) is 6.20 Å². The minimum Gasteiger partial charge on any atom is -0.396 e. The summed E-state index contributed by atoms with van der Waals surface area (Å²) >= 11 is 1.74. The zero-order chi connectivity index (χ0) is 12.3. The van der Waals surface area contributed by atoms with Crippen LogP contribution in [-0.4, -0.2) is 44.8 Å². The van der Waals surface area contributed by atoms with Crippen LogP contribution in [0.15, 0.2) is 6.20 Å². The predicted molar refractivity (Wildman–Crippen MR) is 69.6 cm³/mol. The second-order valence-electron chi connectivity index (χ2n) is 3.48. The second-order valence-corrected chi connectivity index (χ2v) is 4.59. The number of thioether (sulfide) groups is 1. The predicted octanol–water partition coefficient (Wildman–Crippen LogP) is 0.116. The number of hydrogen-bond donors (Lipinski definition) is 2. The van der Waals surface area contributed by atoms with Crippen molar-refractivity contribution in [2.24, 2.45) is 0 Å². The average molecular weight is 254 g/mol. The van der Waals surface area contributed by atoms with Gasteiger partial charge in [-0.25, -0.2) is 0 Å². The van der Waals surface area contributed by atoms with Gasteiger partial charge in [-0.1, -0.05) is 11.1 Å². The van der Waals surface area contributed by atoms with Gasteiger partial charge in [0.15, 0.2) is 0 Å². The minimum absolute atomic E-state index is 0.180. The van der Waals surface area contributed by atoms with E-state index in [0.29, 0.717) is 13.0 Å². The first-order chi connectivity index (χ1) is 8.36. The first kappa shape index (κ1) is 14.0. The van der Waals surface area contributed by atoms with E-state index < -0.39 is 0 Å². The van der Waals surface area contributed by atoms with Crippen molar-refractivity contribution < 1.29 is 5.11 Å². The lowest BCUT2D eigenvalue weighted by molar-refractivity contribution is 0.276. The molecule has 0 radical (unpaired) electrons. The third-order valence-corrected chi connectivity index (χ3v) is 2.91. The molecule has 0 atom stereocenters. The smallest absolute Gasteiger partial charge is 0.0964 e. The maximum absolute atomic E-state index is 8.69. The van der Waals surface area contributed by atoms with Crippen LogP contribution in [0.1, 0.15) is 12.1 Å². The van der Waals surface area contributed by atoms with Crippen LogP contribution in [0.2, 0.25) is 0 Å². The molecule has 0 amide bonds. The second kappa shape index (κ2) is 9.05. The SMILES string of the molecule is C#CCSCCNCc1cn(CCCO)nn1. The number of nitrogens with one attached hydrogen (secondary N) is 1. The monoisotopic (exact) mass is 254 g/mol. The molecule has 0 saturated carbocycles. The van der Waals surface area contributed by atoms with E-state index in [4.69, 9.17) is 11.5 Å². The van der Waals surface area contributed by atoms with Crippen LogP contribution in [-0.2, 0) is 13.1 Å². The number of aryl methyl sites for hydroxylation is 1. The van der Waals surface area contributed by atoms with Crippen molar-refractivity contribution in [1.82, 2.24) is 20.3 Å². The fourth-order valence-electron chi connectivity index (χ4n) is 1.25. The average Bonchev–Trinajstić information content (AvgIpc) is 2.79. The molecule has 1 aromatic heterocycles. The van der Waals surface area contributed by atoms with Gasteiger partial charge in [-0.15, -0.1) is 23.3 Å². The lowest BCUT2D eigenvalue weighted by Crippen LogP contribution is -2.16. The summed E-state index contributed by atoms with van der Waals surface area (Å²) in [6.45, 7) is 2.52. The Morgan fingerprint density at radius 1 is 1.59 bits per heavy atom. The summed E-state index contributed by atoms with van der Waals surface area (Å²) in [6, 6.07) is 0. The summed E-state index contributed by atoms with van der Waals surface area (Å²) in [5.74, 6) is 4.35. The van der Waals surface area contributed by atoms with Crippen LogP contribution in [0.3, 0.4) is 0 Å². The van der Waals surface area contributed by atoms with Gasteiger partial charge in [0.25, 0.3) is 0 Å². The molecule has 0 aliphatic heterocycles. The van der Waals surface area contributed by atoms with Crippen LogP contribution in [0.25, 0.3) is 0 Å². The molecule has 94 valence electrons. The highest BCUT2D eigenvalue weighted by Crippen LogP contribution is 1.97. The molecule has 0 unspecified atom stereocenters. The normalized spacial score (nSPS) is 10.4. The highest BCUT2D eigenvalue weighted by Gasteiger charge is 1.99. The summed E-state index contributed by atoms with van der Waals surface area (Å²) in [5.41, 5.74) is 0.921. The molecule has 0 fully saturated rings. The highest BCUT2D eigenvalue weighted by molar-refractivity contribution is 7.99. The molecule has 1 heterocycles. The van der Waals surface area contributed by atoms with Crippen LogP contribution in [0, 0.1) is 12.3 Å². The van der Waals surface area contributed by atoms with Gasteiger partial charge in [-0.2, -0.15) is 0 Å². The Balaban J connectivity index is 2.10. The molecule has 0 bridgehead atoms. The molecule has 1 aromatic rings. The Kier molecular flexibility index (Phi) is 7.47. The molecule has 5 nitrogen and oxygen atoms in total. The maximum atomic E-state index is 8.69. The first-order valence-corrected chi connectivity index (χ1v) is 6.74. The Morgan fingerprint density at radius 3 is 3.24 bits per heavy atom. The van der Waals surface area contributed by atoms with Crippen molar-refractivity contribution in [2.75, 3.05) is 24.7 Å². The van der Waals surface area contributed by atoms with Gasteiger partial charge in [-0.3, -0.25) is 4.68 Å². The van der Waals surface area contributed by atoms with Gasteiger partial charge in [0.05, 0.1) is 11.4 Å². The van der Waals surface area contributed by atoms with Gasteiger partial charge in [-0.05, 0) is 6.42 Å². The Labute approximate surface area is 106 Å². The molecule has 0 aromatic carbocycles. The Hall–Kier alpha value is -1.03. The molecule has 0 saturated heterocycles. The number of aliphatic hydroxyl groups excluding tert-OH is 1. The van der Waals surface area contributed by atoms with E-state index in [-0.39, 0.29) is 6.61 Å². The lowest BCUT2D eigenvalue weighted by atomic mass is 10.4. The maximum Gasteiger partial charge on any atom is 0.0964 e. The minimum atomic E-state index is 0.180. The van der Waals surface area contributed by atoms with Crippen LogP contribution >= 0.6 is 11.8 Å². The third kappa shape index (κ3) is 6.31. The summed E-state index contributed by atoms with van der Waals surface area (Å²) in [6.07, 6.45) is 7.75. The molecular weight excluding hydrogens is 236 g/mol. The molecular formula is C11H18N4OS.